The van der Waals surface area contributed by atoms with Crippen LogP contribution in [-0.4, -0.2) is 35.7 Å². The van der Waals surface area contributed by atoms with E-state index in [-0.39, 0.29) is 23.6 Å². The van der Waals surface area contributed by atoms with Gasteiger partial charge in [-0.05, 0) is 61.9 Å². The van der Waals surface area contributed by atoms with Crippen LogP contribution in [0.25, 0.3) is 0 Å². The Kier molecular flexibility index (Phi) is 7.12. The molecule has 8 nitrogen and oxygen atoms in total. The molecule has 0 aliphatic carbocycles. The van der Waals surface area contributed by atoms with Crippen LogP contribution in [0, 0.1) is 10.1 Å². The van der Waals surface area contributed by atoms with Gasteiger partial charge in [0.15, 0.2) is 12.4 Å². The van der Waals surface area contributed by atoms with Crippen molar-refractivity contribution in [3.8, 4) is 5.75 Å². The van der Waals surface area contributed by atoms with Crippen LogP contribution in [0.2, 0.25) is 0 Å². The van der Waals surface area contributed by atoms with Crippen LogP contribution in [0.1, 0.15) is 57.6 Å². The van der Waals surface area contributed by atoms with Gasteiger partial charge in [-0.25, -0.2) is 5.43 Å². The molecular weight excluding hydrogens is 408 g/mol. The lowest BCUT2D eigenvalue weighted by molar-refractivity contribution is -0.385. The number of carbonyl (C=O) groups is 1. The summed E-state index contributed by atoms with van der Waals surface area (Å²) in [4.78, 5) is 25.0. The summed E-state index contributed by atoms with van der Waals surface area (Å²) in [5, 5.41) is 15.0. The molecule has 32 heavy (non-hydrogen) atoms. The highest BCUT2D eigenvalue weighted by Crippen LogP contribution is 2.43. The van der Waals surface area contributed by atoms with Gasteiger partial charge < -0.3 is 9.64 Å². The number of benzene rings is 2. The lowest BCUT2D eigenvalue weighted by Gasteiger charge is -2.47. The second-order valence-electron chi connectivity index (χ2n) is 8.69. The van der Waals surface area contributed by atoms with Gasteiger partial charge in [-0.1, -0.05) is 32.0 Å². The zero-order valence-electron chi connectivity index (χ0n) is 19.0. The van der Waals surface area contributed by atoms with Crippen LogP contribution in [0.15, 0.2) is 47.6 Å². The number of carbonyl (C=O) groups excluding carboxylic acids is 1. The molecule has 170 valence electrons. The van der Waals surface area contributed by atoms with Crippen molar-refractivity contribution in [2.75, 3.05) is 18.1 Å². The van der Waals surface area contributed by atoms with Gasteiger partial charge in [-0.15, -0.1) is 0 Å². The Labute approximate surface area is 188 Å². The molecule has 1 unspecified atom stereocenters. The summed E-state index contributed by atoms with van der Waals surface area (Å²) in [6, 6.07) is 12.2. The third kappa shape index (κ3) is 5.25. The van der Waals surface area contributed by atoms with Gasteiger partial charge in [0.1, 0.15) is 0 Å². The number of fused-ring (bicyclic) bond motifs is 1. The number of amides is 1. The Hall–Kier alpha value is -3.42. The predicted octanol–water partition coefficient (Wildman–Crippen LogP) is 4.63. The van der Waals surface area contributed by atoms with Crippen molar-refractivity contribution in [1.29, 1.82) is 0 Å². The maximum atomic E-state index is 12.0. The molecule has 0 saturated heterocycles. The SMILES string of the molecule is CCCN1c2ccc(/C=N/NC(=O)COc3ccccc3[N+](=O)[O-])cc2C(C)CC1(C)C. The van der Waals surface area contributed by atoms with E-state index in [1.54, 1.807) is 12.3 Å². The zero-order chi connectivity index (χ0) is 23.3. The van der Waals surface area contributed by atoms with Crippen LogP contribution in [0.4, 0.5) is 11.4 Å². The Bertz CT molecular complexity index is 1020. The third-order valence-corrected chi connectivity index (χ3v) is 5.68. The van der Waals surface area contributed by atoms with Gasteiger partial charge in [-0.3, -0.25) is 14.9 Å². The Morgan fingerprint density at radius 1 is 1.34 bits per heavy atom. The molecule has 8 heteroatoms. The van der Waals surface area contributed by atoms with Gasteiger partial charge in [0, 0.05) is 23.8 Å². The summed E-state index contributed by atoms with van der Waals surface area (Å²) >= 11 is 0. The van der Waals surface area contributed by atoms with Crippen molar-refractivity contribution in [3.63, 3.8) is 0 Å². The molecule has 0 spiro atoms. The first-order valence-corrected chi connectivity index (χ1v) is 10.8. The first-order chi connectivity index (χ1) is 15.2. The minimum absolute atomic E-state index is 0.0415. The van der Waals surface area contributed by atoms with Crippen molar-refractivity contribution >= 4 is 23.5 Å². The van der Waals surface area contributed by atoms with E-state index < -0.39 is 10.8 Å². The fraction of sp³-hybridized carbons (Fsp3) is 0.417. The van der Waals surface area contributed by atoms with E-state index in [9.17, 15) is 14.9 Å². The second-order valence-corrected chi connectivity index (χ2v) is 8.69. The fourth-order valence-electron chi connectivity index (χ4n) is 4.32. The van der Waals surface area contributed by atoms with E-state index in [1.165, 1.54) is 29.4 Å². The Morgan fingerprint density at radius 2 is 2.09 bits per heavy atom. The normalized spacial score (nSPS) is 17.1. The number of nitrogens with zero attached hydrogens (tertiary/aromatic N) is 3. The number of hydrazone groups is 1. The number of hydrogen-bond acceptors (Lipinski definition) is 6. The highest BCUT2D eigenvalue weighted by Gasteiger charge is 2.35. The van der Waals surface area contributed by atoms with Gasteiger partial charge in [-0.2, -0.15) is 5.10 Å². The maximum absolute atomic E-state index is 12.0. The van der Waals surface area contributed by atoms with Crippen LogP contribution >= 0.6 is 0 Å². The van der Waals surface area contributed by atoms with Crippen molar-refractivity contribution in [2.24, 2.45) is 5.10 Å². The average molecular weight is 439 g/mol. The molecule has 0 bridgehead atoms. The summed E-state index contributed by atoms with van der Waals surface area (Å²) in [6.07, 6.45) is 3.75. The molecule has 2 aromatic carbocycles. The number of hydrogen-bond donors (Lipinski definition) is 1. The summed E-state index contributed by atoms with van der Waals surface area (Å²) in [6.45, 7) is 9.66. The van der Waals surface area contributed by atoms with Gasteiger partial charge >= 0.3 is 5.69 Å². The molecule has 3 rings (SSSR count). The van der Waals surface area contributed by atoms with E-state index in [4.69, 9.17) is 4.74 Å². The number of nitro groups is 1. The molecule has 1 N–H and O–H groups in total. The Morgan fingerprint density at radius 3 is 2.81 bits per heavy atom. The zero-order valence-corrected chi connectivity index (χ0v) is 19.0. The predicted molar refractivity (Wildman–Crippen MR) is 126 cm³/mol. The minimum atomic E-state index is -0.550. The highest BCUT2D eigenvalue weighted by molar-refractivity contribution is 5.84. The van der Waals surface area contributed by atoms with E-state index in [0.29, 0.717) is 5.92 Å². The van der Waals surface area contributed by atoms with Crippen molar-refractivity contribution in [3.05, 3.63) is 63.7 Å². The Balaban J connectivity index is 1.63. The fourth-order valence-corrected chi connectivity index (χ4v) is 4.32. The van der Waals surface area contributed by atoms with Gasteiger partial charge in [0.05, 0.1) is 11.1 Å². The molecule has 0 fully saturated rings. The van der Waals surface area contributed by atoms with Crippen molar-refractivity contribution in [1.82, 2.24) is 5.43 Å². The quantitative estimate of drug-likeness (QED) is 0.368. The van der Waals surface area contributed by atoms with E-state index in [0.717, 1.165) is 24.9 Å². The standard InChI is InChI=1S/C24H30N4O4/c1-5-12-27-20-11-10-18(13-19(20)17(2)14-24(27,3)4)15-25-26-23(29)16-32-22-9-7-6-8-21(22)28(30)31/h6-11,13,15,17H,5,12,14,16H2,1-4H3,(H,26,29)/b25-15+. The topological polar surface area (TPSA) is 97.1 Å². The monoisotopic (exact) mass is 438 g/mol. The van der Waals surface area contributed by atoms with Crippen molar-refractivity contribution in [2.45, 2.75) is 52.0 Å². The largest absolute Gasteiger partial charge is 0.477 e. The molecule has 1 heterocycles. The molecule has 1 atom stereocenters. The molecule has 1 amide bonds. The lowest BCUT2D eigenvalue weighted by atomic mass is 9.79. The van der Waals surface area contributed by atoms with Crippen LogP contribution < -0.4 is 15.1 Å². The number of anilines is 1. The summed E-state index contributed by atoms with van der Waals surface area (Å²) in [5.74, 6) is -0.0347. The molecule has 1 aliphatic rings. The summed E-state index contributed by atoms with van der Waals surface area (Å²) < 4.78 is 5.27. The number of rotatable bonds is 8. The van der Waals surface area contributed by atoms with Gasteiger partial charge in [0.2, 0.25) is 0 Å². The second kappa shape index (κ2) is 9.80. The smallest absolute Gasteiger partial charge is 0.310 e. The van der Waals surface area contributed by atoms with Crippen molar-refractivity contribution < 1.29 is 14.5 Å². The third-order valence-electron chi connectivity index (χ3n) is 5.68. The van der Waals surface area contributed by atoms with E-state index in [1.807, 2.05) is 6.07 Å². The van der Waals surface area contributed by atoms with Crippen LogP contribution in [-0.2, 0) is 4.79 Å². The number of ether oxygens (including phenoxy) is 1. The van der Waals surface area contributed by atoms with Crippen LogP contribution in [0.3, 0.4) is 0 Å². The van der Waals surface area contributed by atoms with E-state index >= 15 is 0 Å². The maximum Gasteiger partial charge on any atom is 0.310 e. The number of nitrogens with one attached hydrogen (secondary N) is 1. The molecule has 0 radical (unpaired) electrons. The minimum Gasteiger partial charge on any atom is -0.477 e. The lowest BCUT2D eigenvalue weighted by Crippen LogP contribution is -2.48. The first kappa shape index (κ1) is 23.2. The number of para-hydroxylation sites is 2. The summed E-state index contributed by atoms with van der Waals surface area (Å²) in [5.41, 5.74) is 5.77. The molecule has 1 aliphatic heterocycles. The average Bonchev–Trinajstić information content (AvgIpc) is 2.75. The highest BCUT2D eigenvalue weighted by atomic mass is 16.6. The molecule has 0 aromatic heterocycles. The summed E-state index contributed by atoms with van der Waals surface area (Å²) in [7, 11) is 0. The number of nitro benzene ring substituents is 1. The van der Waals surface area contributed by atoms with E-state index in [2.05, 4.69) is 55.3 Å². The first-order valence-electron chi connectivity index (χ1n) is 10.8. The molecule has 2 aromatic rings. The van der Waals surface area contributed by atoms with Gasteiger partial charge in [0.25, 0.3) is 5.91 Å². The van der Waals surface area contributed by atoms with Crippen LogP contribution in [0.5, 0.6) is 5.75 Å². The molecular formula is C24H30N4O4. The molecule has 0 saturated carbocycles.